The predicted octanol–water partition coefficient (Wildman–Crippen LogP) is 0.621. The highest BCUT2D eigenvalue weighted by atomic mass is 16.5. The van der Waals surface area contributed by atoms with E-state index in [0.29, 0.717) is 12.6 Å². The first-order valence-corrected chi connectivity index (χ1v) is 3.99. The molecule has 0 aliphatic carbocycles. The molecule has 0 aromatic heterocycles. The smallest absolute Gasteiger partial charge is 0.0865 e. The van der Waals surface area contributed by atoms with Crippen LogP contribution in [0.1, 0.15) is 12.8 Å². The Kier molecular flexibility index (Phi) is 3.34. The van der Waals surface area contributed by atoms with Gasteiger partial charge in [0.2, 0.25) is 0 Å². The summed E-state index contributed by atoms with van der Waals surface area (Å²) in [6.45, 7) is 2.23. The van der Waals surface area contributed by atoms with E-state index in [0.717, 1.165) is 26.1 Å². The standard InChI is InChI=1S/C8H14N2O/c1-10(5-4-9)8-2-6-11-7-3-8/h8H,2-3,5-7H2,1H3. The molecule has 3 heteroatoms. The Balaban J connectivity index is 2.27. The van der Waals surface area contributed by atoms with Gasteiger partial charge >= 0.3 is 0 Å². The van der Waals surface area contributed by atoms with Crippen molar-refractivity contribution in [2.45, 2.75) is 18.9 Å². The molecule has 0 N–H and O–H groups in total. The Hall–Kier alpha value is -0.590. The third-order valence-electron chi connectivity index (χ3n) is 2.13. The Morgan fingerprint density at radius 1 is 1.55 bits per heavy atom. The molecule has 0 aromatic carbocycles. The van der Waals surface area contributed by atoms with E-state index in [1.54, 1.807) is 0 Å². The van der Waals surface area contributed by atoms with Crippen LogP contribution < -0.4 is 0 Å². The minimum absolute atomic E-state index is 0.532. The van der Waals surface area contributed by atoms with Crippen molar-refractivity contribution in [3.63, 3.8) is 0 Å². The lowest BCUT2D eigenvalue weighted by Gasteiger charge is -2.29. The van der Waals surface area contributed by atoms with E-state index in [2.05, 4.69) is 11.0 Å². The van der Waals surface area contributed by atoms with Gasteiger partial charge in [-0.05, 0) is 19.9 Å². The quantitative estimate of drug-likeness (QED) is 0.547. The Morgan fingerprint density at radius 2 is 2.18 bits per heavy atom. The predicted molar refractivity (Wildman–Crippen MR) is 42.1 cm³/mol. The fourth-order valence-electron chi connectivity index (χ4n) is 1.37. The maximum atomic E-state index is 8.44. The zero-order valence-electron chi connectivity index (χ0n) is 6.92. The zero-order chi connectivity index (χ0) is 8.10. The lowest BCUT2D eigenvalue weighted by Crippen LogP contribution is -2.36. The van der Waals surface area contributed by atoms with Crippen molar-refractivity contribution in [2.24, 2.45) is 0 Å². The van der Waals surface area contributed by atoms with Crippen LogP contribution in [0, 0.1) is 11.3 Å². The average molecular weight is 154 g/mol. The molecule has 0 bridgehead atoms. The summed E-state index contributed by atoms with van der Waals surface area (Å²) in [4.78, 5) is 2.10. The second-order valence-electron chi connectivity index (χ2n) is 2.92. The molecule has 0 radical (unpaired) electrons. The van der Waals surface area contributed by atoms with Crippen LogP contribution in [-0.4, -0.2) is 37.7 Å². The molecule has 1 aliphatic rings. The number of nitrogens with zero attached hydrogens (tertiary/aromatic N) is 2. The minimum Gasteiger partial charge on any atom is -0.381 e. The summed E-state index contributed by atoms with van der Waals surface area (Å²) in [7, 11) is 2.00. The van der Waals surface area contributed by atoms with Crippen LogP contribution in [0.3, 0.4) is 0 Å². The molecule has 1 heterocycles. The van der Waals surface area contributed by atoms with Crippen molar-refractivity contribution in [2.75, 3.05) is 26.8 Å². The largest absolute Gasteiger partial charge is 0.381 e. The van der Waals surface area contributed by atoms with Gasteiger partial charge in [-0.2, -0.15) is 5.26 Å². The summed E-state index contributed by atoms with van der Waals surface area (Å²) >= 11 is 0. The van der Waals surface area contributed by atoms with Gasteiger partial charge in [0.1, 0.15) is 0 Å². The van der Waals surface area contributed by atoms with Gasteiger partial charge < -0.3 is 4.74 Å². The molecule has 0 aromatic rings. The zero-order valence-corrected chi connectivity index (χ0v) is 6.92. The lowest BCUT2D eigenvalue weighted by atomic mass is 10.1. The van der Waals surface area contributed by atoms with Gasteiger partial charge in [0.25, 0.3) is 0 Å². The van der Waals surface area contributed by atoms with Crippen LogP contribution in [0.2, 0.25) is 0 Å². The van der Waals surface area contributed by atoms with Gasteiger partial charge in [0.05, 0.1) is 12.6 Å². The number of ether oxygens (including phenoxy) is 1. The van der Waals surface area contributed by atoms with Crippen LogP contribution >= 0.6 is 0 Å². The highest BCUT2D eigenvalue weighted by Crippen LogP contribution is 2.11. The summed E-state index contributed by atoms with van der Waals surface area (Å²) in [5.41, 5.74) is 0. The molecule has 0 saturated carbocycles. The molecule has 11 heavy (non-hydrogen) atoms. The normalized spacial score (nSPS) is 20.1. The average Bonchev–Trinajstić information content (AvgIpc) is 2.07. The number of rotatable bonds is 2. The van der Waals surface area contributed by atoms with Crippen LogP contribution in [0.5, 0.6) is 0 Å². The second kappa shape index (κ2) is 4.32. The first-order valence-electron chi connectivity index (χ1n) is 3.99. The van der Waals surface area contributed by atoms with Crippen molar-refractivity contribution in [1.29, 1.82) is 5.26 Å². The molecule has 1 saturated heterocycles. The summed E-state index contributed by atoms with van der Waals surface area (Å²) in [5.74, 6) is 0. The van der Waals surface area contributed by atoms with Crippen molar-refractivity contribution in [3.05, 3.63) is 0 Å². The van der Waals surface area contributed by atoms with E-state index in [9.17, 15) is 0 Å². The van der Waals surface area contributed by atoms with Crippen LogP contribution in [0.15, 0.2) is 0 Å². The molecule has 1 aliphatic heterocycles. The first-order chi connectivity index (χ1) is 5.34. The van der Waals surface area contributed by atoms with Crippen molar-refractivity contribution in [3.8, 4) is 6.07 Å². The van der Waals surface area contributed by atoms with Gasteiger partial charge in [-0.25, -0.2) is 0 Å². The van der Waals surface area contributed by atoms with Gasteiger partial charge in [-0.3, -0.25) is 4.90 Å². The molecule has 3 nitrogen and oxygen atoms in total. The molecule has 62 valence electrons. The van der Waals surface area contributed by atoms with Crippen molar-refractivity contribution in [1.82, 2.24) is 4.90 Å². The second-order valence-corrected chi connectivity index (χ2v) is 2.92. The Morgan fingerprint density at radius 3 is 2.73 bits per heavy atom. The third kappa shape index (κ3) is 2.49. The number of hydrogen-bond acceptors (Lipinski definition) is 3. The van der Waals surface area contributed by atoms with Crippen molar-refractivity contribution >= 4 is 0 Å². The molecule has 0 spiro atoms. The Bertz CT molecular complexity index is 147. The van der Waals surface area contributed by atoms with E-state index < -0.39 is 0 Å². The molecular formula is C8H14N2O. The molecule has 0 unspecified atom stereocenters. The SMILES string of the molecule is CN(CC#N)C1CCOCC1. The van der Waals surface area contributed by atoms with Crippen LogP contribution in [-0.2, 0) is 4.74 Å². The van der Waals surface area contributed by atoms with Gasteiger partial charge in [-0.15, -0.1) is 0 Å². The van der Waals surface area contributed by atoms with Crippen LogP contribution in [0.4, 0.5) is 0 Å². The van der Waals surface area contributed by atoms with Gasteiger partial charge in [0, 0.05) is 19.3 Å². The molecular weight excluding hydrogens is 140 g/mol. The summed E-state index contributed by atoms with van der Waals surface area (Å²) < 4.78 is 5.22. The third-order valence-corrected chi connectivity index (χ3v) is 2.13. The number of nitriles is 1. The molecule has 0 atom stereocenters. The highest BCUT2D eigenvalue weighted by molar-refractivity contribution is 4.80. The van der Waals surface area contributed by atoms with Crippen molar-refractivity contribution < 1.29 is 4.74 Å². The summed E-state index contributed by atoms with van der Waals surface area (Å²) in [6, 6.07) is 2.71. The fraction of sp³-hybridized carbons (Fsp3) is 0.875. The first kappa shape index (κ1) is 8.51. The van der Waals surface area contributed by atoms with Gasteiger partial charge in [0.15, 0.2) is 0 Å². The monoisotopic (exact) mass is 154 g/mol. The maximum Gasteiger partial charge on any atom is 0.0865 e. The van der Waals surface area contributed by atoms with Gasteiger partial charge in [-0.1, -0.05) is 0 Å². The minimum atomic E-state index is 0.532. The van der Waals surface area contributed by atoms with E-state index in [1.165, 1.54) is 0 Å². The van der Waals surface area contributed by atoms with E-state index in [1.807, 2.05) is 7.05 Å². The molecule has 1 fully saturated rings. The highest BCUT2D eigenvalue weighted by Gasteiger charge is 2.17. The van der Waals surface area contributed by atoms with E-state index >= 15 is 0 Å². The fourth-order valence-corrected chi connectivity index (χ4v) is 1.37. The molecule has 1 rings (SSSR count). The molecule has 0 amide bonds. The maximum absolute atomic E-state index is 8.44. The Labute approximate surface area is 67.6 Å². The van der Waals surface area contributed by atoms with Crippen LogP contribution in [0.25, 0.3) is 0 Å². The summed E-state index contributed by atoms with van der Waals surface area (Å²) in [5, 5.41) is 8.44. The number of hydrogen-bond donors (Lipinski definition) is 0. The topological polar surface area (TPSA) is 36.3 Å². The van der Waals surface area contributed by atoms with E-state index in [4.69, 9.17) is 10.00 Å². The summed E-state index contributed by atoms with van der Waals surface area (Å²) in [6.07, 6.45) is 2.14. The van der Waals surface area contributed by atoms with E-state index in [-0.39, 0.29) is 0 Å². The lowest BCUT2D eigenvalue weighted by molar-refractivity contribution is 0.0470.